The molecule has 23 heavy (non-hydrogen) atoms. The third kappa shape index (κ3) is 5.19. The molecule has 0 aromatic heterocycles. The van der Waals surface area contributed by atoms with Gasteiger partial charge in [-0.1, -0.05) is 31.2 Å². The summed E-state index contributed by atoms with van der Waals surface area (Å²) in [5.74, 6) is -0.0164. The van der Waals surface area contributed by atoms with Crippen LogP contribution in [0.2, 0.25) is 0 Å². The largest absolute Gasteiger partial charge is 0.453 e. The summed E-state index contributed by atoms with van der Waals surface area (Å²) in [5.41, 5.74) is 0.546. The molecule has 1 fully saturated rings. The molecule has 2 rings (SSSR count). The molecule has 1 aromatic rings. The van der Waals surface area contributed by atoms with Gasteiger partial charge in [0.05, 0.1) is 18.3 Å². The highest BCUT2D eigenvalue weighted by atomic mass is 16.7. The first-order chi connectivity index (χ1) is 11.1. The summed E-state index contributed by atoms with van der Waals surface area (Å²) in [5, 5.41) is 0. The molecule has 0 amide bonds. The van der Waals surface area contributed by atoms with E-state index in [1.54, 1.807) is 12.1 Å². The molecule has 4 nitrogen and oxygen atoms in total. The highest BCUT2D eigenvalue weighted by molar-refractivity contribution is 5.89. The average Bonchev–Trinajstić information content (AvgIpc) is 2.56. The van der Waals surface area contributed by atoms with E-state index < -0.39 is 6.29 Å². The van der Waals surface area contributed by atoms with Gasteiger partial charge in [0.15, 0.2) is 12.4 Å². The second-order valence-electron chi connectivity index (χ2n) is 6.03. The second-order valence-corrected chi connectivity index (χ2v) is 6.03. The molecule has 0 bridgehead atoms. The van der Waals surface area contributed by atoms with E-state index >= 15 is 0 Å². The molecule has 0 spiro atoms. The van der Waals surface area contributed by atoms with Gasteiger partial charge in [-0.05, 0) is 44.2 Å². The van der Waals surface area contributed by atoms with Gasteiger partial charge in [0.1, 0.15) is 0 Å². The lowest BCUT2D eigenvalue weighted by atomic mass is 9.95. The fraction of sp³-hybridized carbons (Fsp3) is 0.526. The number of rotatable bonds is 7. The maximum absolute atomic E-state index is 12.3. The second kappa shape index (κ2) is 8.85. The molecule has 1 heterocycles. The van der Waals surface area contributed by atoms with Gasteiger partial charge in [0, 0.05) is 0 Å². The summed E-state index contributed by atoms with van der Waals surface area (Å²) >= 11 is 0. The minimum Gasteiger partial charge on any atom is -0.453 e. The number of esters is 1. The van der Waals surface area contributed by atoms with Crippen molar-refractivity contribution in [2.45, 2.75) is 51.6 Å². The number of hydrogen-bond acceptors (Lipinski definition) is 4. The van der Waals surface area contributed by atoms with Crippen LogP contribution in [0.5, 0.6) is 0 Å². The first-order valence-electron chi connectivity index (χ1n) is 8.25. The molecule has 126 valence electrons. The van der Waals surface area contributed by atoms with Gasteiger partial charge in [0.2, 0.25) is 0 Å². The van der Waals surface area contributed by atoms with E-state index in [-0.39, 0.29) is 18.2 Å². The summed E-state index contributed by atoms with van der Waals surface area (Å²) in [6, 6.07) is 9.01. The van der Waals surface area contributed by atoms with E-state index in [0.717, 1.165) is 19.3 Å². The zero-order chi connectivity index (χ0) is 16.7. The summed E-state index contributed by atoms with van der Waals surface area (Å²) < 4.78 is 17.4. The molecule has 1 aliphatic rings. The molecule has 0 radical (unpaired) electrons. The molecule has 0 aliphatic carbocycles. The number of hydrogen-bond donors (Lipinski definition) is 0. The first kappa shape index (κ1) is 17.7. The van der Waals surface area contributed by atoms with Gasteiger partial charge < -0.3 is 14.2 Å². The van der Waals surface area contributed by atoms with Crippen LogP contribution in [0.15, 0.2) is 43.0 Å². The van der Waals surface area contributed by atoms with Crippen molar-refractivity contribution in [3.05, 3.63) is 48.6 Å². The van der Waals surface area contributed by atoms with Crippen molar-refractivity contribution in [3.63, 3.8) is 0 Å². The van der Waals surface area contributed by atoms with Crippen molar-refractivity contribution in [1.29, 1.82) is 0 Å². The Morgan fingerprint density at radius 1 is 1.35 bits per heavy atom. The Kier molecular flexibility index (Phi) is 6.81. The SMILES string of the molecule is C=CCCCO[C@@H]1O[C@@H](C)[C@H](C)C[C@H]1OC(=O)c1ccccc1. The Bertz CT molecular complexity index is 499. The molecule has 4 atom stereocenters. The zero-order valence-corrected chi connectivity index (χ0v) is 13.9. The summed E-state index contributed by atoms with van der Waals surface area (Å²) in [4.78, 5) is 12.3. The predicted octanol–water partition coefficient (Wildman–Crippen LogP) is 3.97. The van der Waals surface area contributed by atoms with Gasteiger partial charge >= 0.3 is 5.97 Å². The van der Waals surface area contributed by atoms with E-state index in [9.17, 15) is 4.79 Å². The topological polar surface area (TPSA) is 44.8 Å². The third-order valence-electron chi connectivity index (χ3n) is 4.16. The van der Waals surface area contributed by atoms with Crippen molar-refractivity contribution >= 4 is 5.97 Å². The normalized spacial score (nSPS) is 27.4. The lowest BCUT2D eigenvalue weighted by Crippen LogP contribution is -2.46. The number of benzene rings is 1. The van der Waals surface area contributed by atoms with E-state index in [4.69, 9.17) is 14.2 Å². The third-order valence-corrected chi connectivity index (χ3v) is 4.16. The highest BCUT2D eigenvalue weighted by Gasteiger charge is 2.37. The molecule has 0 unspecified atom stereocenters. The van der Waals surface area contributed by atoms with Gasteiger partial charge in [-0.2, -0.15) is 0 Å². The molecule has 0 N–H and O–H groups in total. The number of allylic oxidation sites excluding steroid dienone is 1. The summed E-state index contributed by atoms with van der Waals surface area (Å²) in [6.07, 6.45) is 3.59. The smallest absolute Gasteiger partial charge is 0.338 e. The van der Waals surface area contributed by atoms with Crippen molar-refractivity contribution in [2.75, 3.05) is 6.61 Å². The van der Waals surface area contributed by atoms with Crippen LogP contribution in [-0.2, 0) is 14.2 Å². The highest BCUT2D eigenvalue weighted by Crippen LogP contribution is 2.28. The molecule has 1 aromatic carbocycles. The van der Waals surface area contributed by atoms with Crippen LogP contribution in [0.1, 0.15) is 43.5 Å². The summed E-state index contributed by atoms with van der Waals surface area (Å²) in [6.45, 7) is 8.39. The Hall–Kier alpha value is -1.65. The van der Waals surface area contributed by atoms with Crippen molar-refractivity contribution in [1.82, 2.24) is 0 Å². The van der Waals surface area contributed by atoms with Crippen molar-refractivity contribution in [3.8, 4) is 0 Å². The van der Waals surface area contributed by atoms with E-state index in [2.05, 4.69) is 13.5 Å². The number of carbonyl (C=O) groups excluding carboxylic acids is 1. The van der Waals surface area contributed by atoms with Crippen LogP contribution in [-0.4, -0.2) is 31.1 Å². The lowest BCUT2D eigenvalue weighted by molar-refractivity contribution is -0.249. The number of unbranched alkanes of at least 4 members (excludes halogenated alkanes) is 1. The van der Waals surface area contributed by atoms with Crippen molar-refractivity contribution < 1.29 is 19.0 Å². The first-order valence-corrected chi connectivity index (χ1v) is 8.25. The van der Waals surface area contributed by atoms with E-state index in [1.165, 1.54) is 0 Å². The number of carbonyl (C=O) groups is 1. The maximum atomic E-state index is 12.3. The van der Waals surface area contributed by atoms with Crippen LogP contribution >= 0.6 is 0 Å². The fourth-order valence-electron chi connectivity index (χ4n) is 2.56. The molecule has 4 heteroatoms. The van der Waals surface area contributed by atoms with E-state index in [1.807, 2.05) is 31.2 Å². The molecular formula is C19H26O4. The minimum atomic E-state index is -0.501. The van der Waals surface area contributed by atoms with Gasteiger partial charge in [-0.3, -0.25) is 0 Å². The standard InChI is InChI=1S/C19H26O4/c1-4-5-9-12-21-19-17(13-14(2)15(3)22-19)23-18(20)16-10-7-6-8-11-16/h4,6-8,10-11,14-15,17,19H,1,5,9,12-13H2,2-3H3/t14-,15+,17-,19-/m1/s1. The monoisotopic (exact) mass is 318 g/mol. The van der Waals surface area contributed by atoms with Crippen LogP contribution in [0.25, 0.3) is 0 Å². The Balaban J connectivity index is 1.96. The van der Waals surface area contributed by atoms with Gasteiger partial charge in [0.25, 0.3) is 0 Å². The minimum absolute atomic E-state index is 0.0890. The lowest BCUT2D eigenvalue weighted by Gasteiger charge is -2.38. The summed E-state index contributed by atoms with van der Waals surface area (Å²) in [7, 11) is 0. The van der Waals surface area contributed by atoms with Crippen LogP contribution in [0.3, 0.4) is 0 Å². The van der Waals surface area contributed by atoms with E-state index in [0.29, 0.717) is 18.1 Å². The molecule has 1 saturated heterocycles. The van der Waals surface area contributed by atoms with Crippen LogP contribution in [0.4, 0.5) is 0 Å². The average molecular weight is 318 g/mol. The Morgan fingerprint density at radius 3 is 2.78 bits per heavy atom. The molecular weight excluding hydrogens is 292 g/mol. The van der Waals surface area contributed by atoms with Crippen molar-refractivity contribution in [2.24, 2.45) is 5.92 Å². The zero-order valence-electron chi connectivity index (χ0n) is 13.9. The molecule has 0 saturated carbocycles. The quantitative estimate of drug-likeness (QED) is 0.433. The molecule has 1 aliphatic heterocycles. The van der Waals surface area contributed by atoms with Gasteiger partial charge in [-0.25, -0.2) is 4.79 Å². The Morgan fingerprint density at radius 2 is 2.09 bits per heavy atom. The van der Waals surface area contributed by atoms with Crippen LogP contribution in [0, 0.1) is 5.92 Å². The van der Waals surface area contributed by atoms with Gasteiger partial charge in [-0.15, -0.1) is 6.58 Å². The Labute approximate surface area is 138 Å². The number of ether oxygens (including phenoxy) is 3. The van der Waals surface area contributed by atoms with Crippen LogP contribution < -0.4 is 0 Å². The predicted molar refractivity (Wildman–Crippen MR) is 89.1 cm³/mol. The maximum Gasteiger partial charge on any atom is 0.338 e. The fourth-order valence-corrected chi connectivity index (χ4v) is 2.56.